The van der Waals surface area contributed by atoms with Crippen LogP contribution in [0.3, 0.4) is 0 Å². The summed E-state index contributed by atoms with van der Waals surface area (Å²) in [6.45, 7) is 0.508. The van der Waals surface area contributed by atoms with E-state index >= 15 is 0 Å². The summed E-state index contributed by atoms with van der Waals surface area (Å²) in [4.78, 5) is 12.6. The third-order valence-corrected chi connectivity index (χ3v) is 4.63. The molecule has 22 heavy (non-hydrogen) atoms. The summed E-state index contributed by atoms with van der Waals surface area (Å²) in [6, 6.07) is 11.4. The fraction of sp³-hybridized carbons (Fsp3) is 0.188. The second-order valence-corrected chi connectivity index (χ2v) is 6.45. The van der Waals surface area contributed by atoms with Crippen LogP contribution < -0.4 is 5.32 Å². The molecule has 0 aliphatic heterocycles. The molecule has 1 amide bonds. The monoisotopic (exact) mass is 357 g/mol. The second-order valence-electron chi connectivity index (χ2n) is 4.59. The van der Waals surface area contributed by atoms with Crippen LogP contribution in [0.15, 0.2) is 47.4 Å². The Morgan fingerprint density at radius 1 is 1.14 bits per heavy atom. The van der Waals surface area contributed by atoms with E-state index in [1.165, 1.54) is 23.9 Å². The Balaban J connectivity index is 1.74. The summed E-state index contributed by atoms with van der Waals surface area (Å²) >= 11 is 13.3. The van der Waals surface area contributed by atoms with Gasteiger partial charge in [-0.25, -0.2) is 4.39 Å². The highest BCUT2D eigenvalue weighted by atomic mass is 35.5. The maximum absolute atomic E-state index is 12.8. The Labute approximate surface area is 143 Å². The number of halogens is 3. The smallest absolute Gasteiger partial charge is 0.230 e. The molecule has 0 bridgehead atoms. The molecule has 0 unspecified atom stereocenters. The fourth-order valence-corrected chi connectivity index (χ4v) is 3.10. The van der Waals surface area contributed by atoms with Gasteiger partial charge >= 0.3 is 0 Å². The van der Waals surface area contributed by atoms with E-state index in [1.807, 2.05) is 0 Å². The molecule has 0 heterocycles. The third kappa shape index (κ3) is 5.52. The molecule has 2 nitrogen and oxygen atoms in total. The number of thioether (sulfide) groups is 1. The van der Waals surface area contributed by atoms with E-state index in [0.29, 0.717) is 23.0 Å². The zero-order valence-corrected chi connectivity index (χ0v) is 13.9. The van der Waals surface area contributed by atoms with Crippen LogP contribution in [0.1, 0.15) is 5.56 Å². The number of rotatable bonds is 6. The number of carbonyl (C=O) groups is 1. The predicted molar refractivity (Wildman–Crippen MR) is 90.3 cm³/mol. The van der Waals surface area contributed by atoms with Gasteiger partial charge in [0.2, 0.25) is 5.91 Å². The summed E-state index contributed by atoms with van der Waals surface area (Å²) < 4.78 is 12.8. The number of benzene rings is 2. The molecule has 0 radical (unpaired) electrons. The Morgan fingerprint density at radius 3 is 2.59 bits per heavy atom. The van der Waals surface area contributed by atoms with Crippen LogP contribution in [0.4, 0.5) is 4.39 Å². The lowest BCUT2D eigenvalue weighted by Gasteiger charge is -2.07. The van der Waals surface area contributed by atoms with Crippen LogP contribution in [0.25, 0.3) is 0 Å². The summed E-state index contributed by atoms with van der Waals surface area (Å²) in [7, 11) is 0. The van der Waals surface area contributed by atoms with Crippen LogP contribution in [0.5, 0.6) is 0 Å². The maximum atomic E-state index is 12.8. The Kier molecular flexibility index (Phi) is 6.55. The van der Waals surface area contributed by atoms with Gasteiger partial charge in [-0.1, -0.05) is 35.3 Å². The van der Waals surface area contributed by atoms with E-state index in [1.54, 1.807) is 30.3 Å². The lowest BCUT2D eigenvalue weighted by Crippen LogP contribution is -2.27. The zero-order chi connectivity index (χ0) is 15.9. The average Bonchev–Trinajstić information content (AvgIpc) is 2.50. The molecule has 2 aromatic carbocycles. The quantitative estimate of drug-likeness (QED) is 0.766. The van der Waals surface area contributed by atoms with Crippen molar-refractivity contribution in [2.75, 3.05) is 12.3 Å². The zero-order valence-electron chi connectivity index (χ0n) is 11.6. The topological polar surface area (TPSA) is 29.1 Å². The first-order valence-corrected chi connectivity index (χ1v) is 8.38. The molecule has 116 valence electrons. The molecule has 0 atom stereocenters. The Hall–Kier alpha value is -1.23. The molecule has 2 rings (SSSR count). The first-order chi connectivity index (χ1) is 10.5. The minimum atomic E-state index is -0.261. The normalized spacial score (nSPS) is 10.5. The van der Waals surface area contributed by atoms with Crippen molar-refractivity contribution in [3.8, 4) is 0 Å². The van der Waals surface area contributed by atoms with Crippen molar-refractivity contribution in [1.29, 1.82) is 0 Å². The molecule has 0 spiro atoms. The van der Waals surface area contributed by atoms with Crippen molar-refractivity contribution in [3.63, 3.8) is 0 Å². The standard InChI is InChI=1S/C16H14Cl2FNOS/c17-12-3-6-14(18)15(9-12)22-10-16(21)20-8-7-11-1-4-13(19)5-2-11/h1-6,9H,7-8,10H2,(H,20,21). The van der Waals surface area contributed by atoms with Crippen molar-refractivity contribution < 1.29 is 9.18 Å². The van der Waals surface area contributed by atoms with E-state index in [-0.39, 0.29) is 17.5 Å². The molecule has 6 heteroatoms. The van der Waals surface area contributed by atoms with Crippen LogP contribution in [-0.4, -0.2) is 18.2 Å². The van der Waals surface area contributed by atoms with Gasteiger partial charge in [-0.2, -0.15) is 0 Å². The second kappa shape index (κ2) is 8.42. The molecule has 2 aromatic rings. The van der Waals surface area contributed by atoms with E-state index < -0.39 is 0 Å². The highest BCUT2D eigenvalue weighted by molar-refractivity contribution is 8.00. The van der Waals surface area contributed by atoms with E-state index in [2.05, 4.69) is 5.32 Å². The first kappa shape index (κ1) is 17.1. The highest BCUT2D eigenvalue weighted by Crippen LogP contribution is 2.29. The first-order valence-electron chi connectivity index (χ1n) is 6.63. The molecule has 0 aliphatic rings. The predicted octanol–water partition coefficient (Wildman–Crippen LogP) is 4.58. The molecule has 0 saturated heterocycles. The molecule has 0 aliphatic carbocycles. The maximum Gasteiger partial charge on any atom is 0.230 e. The van der Waals surface area contributed by atoms with Crippen LogP contribution in [-0.2, 0) is 11.2 Å². The van der Waals surface area contributed by atoms with Gasteiger partial charge in [0.15, 0.2) is 0 Å². The summed E-state index contributed by atoms with van der Waals surface area (Å²) in [6.07, 6.45) is 0.661. The lowest BCUT2D eigenvalue weighted by molar-refractivity contribution is -0.118. The van der Waals surface area contributed by atoms with Crippen molar-refractivity contribution in [3.05, 3.63) is 63.9 Å². The average molecular weight is 358 g/mol. The van der Waals surface area contributed by atoms with E-state index in [9.17, 15) is 9.18 Å². The largest absolute Gasteiger partial charge is 0.355 e. The number of nitrogens with one attached hydrogen (secondary N) is 1. The van der Waals surface area contributed by atoms with E-state index in [0.717, 1.165) is 10.5 Å². The molecule has 0 fully saturated rings. The van der Waals surface area contributed by atoms with Crippen LogP contribution in [0, 0.1) is 5.82 Å². The third-order valence-electron chi connectivity index (χ3n) is 2.90. The SMILES string of the molecule is O=C(CSc1cc(Cl)ccc1Cl)NCCc1ccc(F)cc1. The molecular formula is C16H14Cl2FNOS. The van der Waals surface area contributed by atoms with E-state index in [4.69, 9.17) is 23.2 Å². The van der Waals surface area contributed by atoms with Gasteiger partial charge in [0.25, 0.3) is 0 Å². The minimum Gasteiger partial charge on any atom is -0.355 e. The molecule has 1 N–H and O–H groups in total. The van der Waals surface area contributed by atoms with Gasteiger partial charge in [0.1, 0.15) is 5.82 Å². The molecular weight excluding hydrogens is 344 g/mol. The van der Waals surface area contributed by atoms with Gasteiger partial charge < -0.3 is 5.32 Å². The minimum absolute atomic E-state index is 0.0804. The lowest BCUT2D eigenvalue weighted by atomic mass is 10.1. The van der Waals surface area contributed by atoms with Crippen LogP contribution in [0.2, 0.25) is 10.0 Å². The van der Waals surface area contributed by atoms with Gasteiger partial charge in [0, 0.05) is 16.5 Å². The van der Waals surface area contributed by atoms with Gasteiger partial charge in [-0.05, 0) is 42.3 Å². The van der Waals surface area contributed by atoms with Crippen LogP contribution >= 0.6 is 35.0 Å². The highest BCUT2D eigenvalue weighted by Gasteiger charge is 2.06. The van der Waals surface area contributed by atoms with Crippen molar-refractivity contribution in [2.24, 2.45) is 0 Å². The molecule has 0 saturated carbocycles. The van der Waals surface area contributed by atoms with Gasteiger partial charge in [0.05, 0.1) is 10.8 Å². The van der Waals surface area contributed by atoms with Crippen molar-refractivity contribution >= 4 is 40.9 Å². The number of carbonyl (C=O) groups excluding carboxylic acids is 1. The van der Waals surface area contributed by atoms with Gasteiger partial charge in [-0.15, -0.1) is 11.8 Å². The fourth-order valence-electron chi connectivity index (χ4n) is 1.78. The summed E-state index contributed by atoms with van der Waals surface area (Å²) in [5, 5.41) is 3.98. The molecule has 0 aromatic heterocycles. The Bertz CT molecular complexity index is 649. The number of hydrogen-bond donors (Lipinski definition) is 1. The van der Waals surface area contributed by atoms with Crippen molar-refractivity contribution in [2.45, 2.75) is 11.3 Å². The Morgan fingerprint density at radius 2 is 1.86 bits per heavy atom. The summed E-state index contributed by atoms with van der Waals surface area (Å²) in [5.41, 5.74) is 0.979. The number of amides is 1. The van der Waals surface area contributed by atoms with Gasteiger partial charge in [-0.3, -0.25) is 4.79 Å². The number of hydrogen-bond acceptors (Lipinski definition) is 2. The van der Waals surface area contributed by atoms with Crippen molar-refractivity contribution in [1.82, 2.24) is 5.32 Å². The summed E-state index contributed by atoms with van der Waals surface area (Å²) in [5.74, 6) is -0.0746.